The molecule has 2 aromatic carbocycles. The van der Waals surface area contributed by atoms with Crippen LogP contribution in [0.25, 0.3) is 0 Å². The molecular formula is C24H35O4P. The smallest absolute Gasteiger partial charge is 0.126 e. The Morgan fingerprint density at radius 3 is 1.38 bits per heavy atom. The Kier molecular flexibility index (Phi) is 10.1. The highest BCUT2D eigenvalue weighted by Gasteiger charge is 2.28. The minimum absolute atomic E-state index is 0.0499. The average molecular weight is 419 g/mol. The van der Waals surface area contributed by atoms with Crippen LogP contribution >= 0.6 is 9.24 Å². The highest BCUT2D eigenvalue weighted by Crippen LogP contribution is 2.47. The minimum Gasteiger partial charge on any atom is -0.496 e. The molecule has 0 N–H and O–H groups in total. The molecule has 1 atom stereocenters. The van der Waals surface area contributed by atoms with E-state index in [2.05, 4.69) is 9.24 Å². The van der Waals surface area contributed by atoms with E-state index in [4.69, 9.17) is 18.9 Å². The Hall–Kier alpha value is -1.93. The van der Waals surface area contributed by atoms with Crippen LogP contribution in [0.15, 0.2) is 36.4 Å². The van der Waals surface area contributed by atoms with Gasteiger partial charge >= 0.3 is 0 Å². The van der Waals surface area contributed by atoms with Crippen LogP contribution in [0.3, 0.4) is 0 Å². The third-order valence-corrected chi connectivity index (χ3v) is 5.73. The number of hydrogen-bond acceptors (Lipinski definition) is 4. The molecule has 5 heteroatoms. The zero-order valence-electron chi connectivity index (χ0n) is 18.2. The summed E-state index contributed by atoms with van der Waals surface area (Å²) in [5.41, 5.74) is 2.09. The molecule has 0 saturated heterocycles. The molecule has 0 aliphatic carbocycles. The number of rotatable bonds is 13. The Morgan fingerprint density at radius 2 is 1.00 bits per heavy atom. The second-order valence-corrected chi connectivity index (χ2v) is 7.63. The molecule has 160 valence electrons. The van der Waals surface area contributed by atoms with Crippen LogP contribution in [0.4, 0.5) is 0 Å². The summed E-state index contributed by atoms with van der Waals surface area (Å²) in [7, 11) is 9.63. The molecule has 0 aliphatic rings. The van der Waals surface area contributed by atoms with Crippen LogP contribution in [-0.2, 0) is 0 Å². The van der Waals surface area contributed by atoms with Gasteiger partial charge < -0.3 is 18.9 Å². The van der Waals surface area contributed by atoms with Gasteiger partial charge in [0.15, 0.2) is 0 Å². The predicted molar refractivity (Wildman–Crippen MR) is 123 cm³/mol. The van der Waals surface area contributed by atoms with Crippen molar-refractivity contribution in [3.63, 3.8) is 0 Å². The molecule has 1 unspecified atom stereocenters. The highest BCUT2D eigenvalue weighted by atomic mass is 31.0. The van der Waals surface area contributed by atoms with Crippen molar-refractivity contribution in [2.45, 2.75) is 44.4 Å². The van der Waals surface area contributed by atoms with Gasteiger partial charge in [-0.05, 0) is 43.3 Å². The first kappa shape index (κ1) is 23.3. The normalized spacial score (nSPS) is 10.8. The van der Waals surface area contributed by atoms with Crippen LogP contribution in [0, 0.1) is 0 Å². The number of ether oxygens (including phenoxy) is 4. The van der Waals surface area contributed by atoms with Crippen molar-refractivity contribution in [1.29, 1.82) is 0 Å². The average Bonchev–Trinajstić information content (AvgIpc) is 2.77. The van der Waals surface area contributed by atoms with Crippen molar-refractivity contribution in [2.24, 2.45) is 0 Å². The number of hydrogen-bond donors (Lipinski definition) is 0. The van der Waals surface area contributed by atoms with E-state index in [0.717, 1.165) is 47.0 Å². The third kappa shape index (κ3) is 6.02. The standard InChI is InChI=1S/C24H35O4P/c1-25-19-13-10-14-20(26-2)23(19)18(12-8-6-5-7-9-17-29)24-21(27-3)15-11-16-22(24)28-4/h10-11,13-16,18H,5-9,12,17,29H2,1-4H3. The number of methoxy groups -OCH3 is 4. The first-order valence-corrected chi connectivity index (χ1v) is 11.1. The SMILES string of the molecule is COc1cccc(OC)c1C(CCCCCCCP)c1c(OC)cccc1OC. The van der Waals surface area contributed by atoms with Gasteiger partial charge in [0.1, 0.15) is 23.0 Å². The minimum atomic E-state index is 0.0499. The van der Waals surface area contributed by atoms with E-state index < -0.39 is 0 Å². The van der Waals surface area contributed by atoms with Gasteiger partial charge in [-0.3, -0.25) is 0 Å². The van der Waals surface area contributed by atoms with E-state index in [1.54, 1.807) is 28.4 Å². The second kappa shape index (κ2) is 12.6. The van der Waals surface area contributed by atoms with Crippen molar-refractivity contribution in [1.82, 2.24) is 0 Å². The molecule has 29 heavy (non-hydrogen) atoms. The molecule has 0 aromatic heterocycles. The molecule has 0 amide bonds. The number of unbranched alkanes of at least 4 members (excludes halogenated alkanes) is 4. The molecule has 2 aromatic rings. The summed E-state index contributed by atoms with van der Waals surface area (Å²) in [6.07, 6.45) is 8.28. The topological polar surface area (TPSA) is 36.9 Å². The summed E-state index contributed by atoms with van der Waals surface area (Å²) in [5.74, 6) is 3.35. The maximum Gasteiger partial charge on any atom is 0.126 e. The molecular weight excluding hydrogens is 383 g/mol. The summed E-state index contributed by atoms with van der Waals surface area (Å²) in [6, 6.07) is 11.9. The van der Waals surface area contributed by atoms with Crippen molar-refractivity contribution >= 4 is 9.24 Å². The maximum atomic E-state index is 5.73. The maximum absolute atomic E-state index is 5.73. The summed E-state index contributed by atoms with van der Waals surface area (Å²) in [5, 5.41) is 0. The van der Waals surface area contributed by atoms with Gasteiger partial charge in [-0.25, -0.2) is 0 Å². The molecule has 0 bridgehead atoms. The number of benzene rings is 2. The molecule has 0 fully saturated rings. The lowest BCUT2D eigenvalue weighted by molar-refractivity contribution is 0.365. The summed E-state index contributed by atoms with van der Waals surface area (Å²) in [6.45, 7) is 0. The molecule has 0 radical (unpaired) electrons. The molecule has 4 nitrogen and oxygen atoms in total. The monoisotopic (exact) mass is 418 g/mol. The van der Waals surface area contributed by atoms with Crippen molar-refractivity contribution in [3.8, 4) is 23.0 Å². The van der Waals surface area contributed by atoms with Gasteiger partial charge in [0.25, 0.3) is 0 Å². The molecule has 2 rings (SSSR count). The summed E-state index contributed by atoms with van der Waals surface area (Å²) >= 11 is 0. The quantitative estimate of drug-likeness (QED) is 0.292. The molecule has 0 saturated carbocycles. The Bertz CT molecular complexity index is 648. The first-order chi connectivity index (χ1) is 14.2. The molecule has 0 heterocycles. The van der Waals surface area contributed by atoms with E-state index in [1.165, 1.54) is 31.8 Å². The second-order valence-electron chi connectivity index (χ2n) is 7.05. The highest BCUT2D eigenvalue weighted by molar-refractivity contribution is 7.16. The molecule has 0 spiro atoms. The van der Waals surface area contributed by atoms with Gasteiger partial charge in [0.2, 0.25) is 0 Å². The zero-order chi connectivity index (χ0) is 21.1. The van der Waals surface area contributed by atoms with E-state index in [-0.39, 0.29) is 5.92 Å². The zero-order valence-corrected chi connectivity index (χ0v) is 19.4. The van der Waals surface area contributed by atoms with Crippen molar-refractivity contribution in [3.05, 3.63) is 47.5 Å². The fraction of sp³-hybridized carbons (Fsp3) is 0.500. The largest absolute Gasteiger partial charge is 0.496 e. The van der Waals surface area contributed by atoms with Gasteiger partial charge in [0, 0.05) is 17.0 Å². The van der Waals surface area contributed by atoms with E-state index in [0.29, 0.717) is 0 Å². The van der Waals surface area contributed by atoms with Crippen LogP contribution in [-0.4, -0.2) is 34.6 Å². The summed E-state index contributed by atoms with van der Waals surface area (Å²) in [4.78, 5) is 0. The van der Waals surface area contributed by atoms with Crippen LogP contribution < -0.4 is 18.9 Å². The van der Waals surface area contributed by atoms with Gasteiger partial charge in [-0.1, -0.05) is 37.8 Å². The first-order valence-electron chi connectivity index (χ1n) is 10.3. The Labute approximate surface area is 178 Å². The predicted octanol–water partition coefficient (Wildman–Crippen LogP) is 6.07. The lowest BCUT2D eigenvalue weighted by atomic mass is 9.84. The van der Waals surface area contributed by atoms with Crippen LogP contribution in [0.2, 0.25) is 0 Å². The lowest BCUT2D eigenvalue weighted by Gasteiger charge is -2.26. The van der Waals surface area contributed by atoms with E-state index >= 15 is 0 Å². The van der Waals surface area contributed by atoms with E-state index in [1.807, 2.05) is 36.4 Å². The summed E-state index contributed by atoms with van der Waals surface area (Å²) < 4.78 is 22.9. The fourth-order valence-electron chi connectivity index (χ4n) is 3.90. The van der Waals surface area contributed by atoms with Gasteiger partial charge in [-0.2, -0.15) is 0 Å². The Morgan fingerprint density at radius 1 is 0.621 bits per heavy atom. The van der Waals surface area contributed by atoms with E-state index in [9.17, 15) is 0 Å². The van der Waals surface area contributed by atoms with Crippen LogP contribution in [0.5, 0.6) is 23.0 Å². The molecule has 0 aliphatic heterocycles. The lowest BCUT2D eigenvalue weighted by Crippen LogP contribution is -2.09. The van der Waals surface area contributed by atoms with Gasteiger partial charge in [0.05, 0.1) is 28.4 Å². The van der Waals surface area contributed by atoms with Crippen LogP contribution in [0.1, 0.15) is 55.6 Å². The van der Waals surface area contributed by atoms with Crippen molar-refractivity contribution in [2.75, 3.05) is 34.6 Å². The van der Waals surface area contributed by atoms with Crippen molar-refractivity contribution < 1.29 is 18.9 Å². The Balaban J connectivity index is 2.46. The van der Waals surface area contributed by atoms with Gasteiger partial charge in [-0.15, -0.1) is 9.24 Å². The fourth-order valence-corrected chi connectivity index (χ4v) is 4.19. The third-order valence-electron chi connectivity index (χ3n) is 5.33.